The van der Waals surface area contributed by atoms with Gasteiger partial charge < -0.3 is 14.7 Å². The molecule has 4 rings (SSSR count). The van der Waals surface area contributed by atoms with Gasteiger partial charge in [-0.3, -0.25) is 4.57 Å². The van der Waals surface area contributed by atoms with E-state index in [1.165, 1.54) is 0 Å². The molecule has 2 aromatic rings. The lowest BCUT2D eigenvalue weighted by Crippen LogP contribution is -2.53. The van der Waals surface area contributed by atoms with Gasteiger partial charge in [0.2, 0.25) is 5.95 Å². The summed E-state index contributed by atoms with van der Waals surface area (Å²) >= 11 is 0. The molecular formula is C19H25N5O3. The van der Waals surface area contributed by atoms with Crippen molar-refractivity contribution in [1.82, 2.24) is 24.4 Å². The number of carbonyl (C=O) groups excluding carboxylic acids is 1. The van der Waals surface area contributed by atoms with Gasteiger partial charge in [-0.2, -0.15) is 0 Å². The van der Waals surface area contributed by atoms with Gasteiger partial charge in [0.25, 0.3) is 0 Å². The molecule has 2 aliphatic rings. The summed E-state index contributed by atoms with van der Waals surface area (Å²) in [4.78, 5) is 27.1. The minimum atomic E-state index is -1.03. The number of fused-ring (bicyclic) bond motifs is 2. The van der Waals surface area contributed by atoms with Crippen LogP contribution in [0.3, 0.4) is 0 Å². The molecule has 2 saturated heterocycles. The molecule has 27 heavy (non-hydrogen) atoms. The summed E-state index contributed by atoms with van der Waals surface area (Å²) in [6.45, 7) is 5.60. The van der Waals surface area contributed by atoms with Crippen molar-refractivity contribution < 1.29 is 14.6 Å². The highest BCUT2D eigenvalue weighted by Crippen LogP contribution is 2.45. The first-order valence-electron chi connectivity index (χ1n) is 9.30. The molecule has 2 atom stereocenters. The Bertz CT molecular complexity index is 799. The van der Waals surface area contributed by atoms with Gasteiger partial charge in [0.15, 0.2) is 0 Å². The van der Waals surface area contributed by atoms with Crippen LogP contribution < -0.4 is 0 Å². The van der Waals surface area contributed by atoms with Crippen LogP contribution in [0.25, 0.3) is 5.95 Å². The maximum absolute atomic E-state index is 12.6. The number of hydrogen-bond acceptors (Lipinski definition) is 6. The van der Waals surface area contributed by atoms with Gasteiger partial charge in [0, 0.05) is 55.3 Å². The van der Waals surface area contributed by atoms with Crippen LogP contribution in [-0.4, -0.2) is 53.3 Å². The van der Waals surface area contributed by atoms with Crippen molar-refractivity contribution >= 4 is 6.09 Å². The zero-order chi connectivity index (χ0) is 19.2. The predicted octanol–water partition coefficient (Wildman–Crippen LogP) is 2.41. The van der Waals surface area contributed by atoms with Crippen molar-refractivity contribution in [3.63, 3.8) is 0 Å². The predicted molar refractivity (Wildman–Crippen MR) is 97.2 cm³/mol. The van der Waals surface area contributed by atoms with E-state index in [1.54, 1.807) is 35.7 Å². The lowest BCUT2D eigenvalue weighted by atomic mass is 9.82. The minimum Gasteiger partial charge on any atom is -0.444 e. The fourth-order valence-corrected chi connectivity index (χ4v) is 4.15. The lowest BCUT2D eigenvalue weighted by molar-refractivity contribution is -0.0627. The Morgan fingerprint density at radius 3 is 2.37 bits per heavy atom. The number of hydrogen-bond donors (Lipinski definition) is 1. The topological polar surface area (TPSA) is 93.4 Å². The molecule has 1 amide bonds. The van der Waals surface area contributed by atoms with E-state index in [0.29, 0.717) is 24.4 Å². The van der Waals surface area contributed by atoms with Gasteiger partial charge in [-0.1, -0.05) is 0 Å². The van der Waals surface area contributed by atoms with Gasteiger partial charge >= 0.3 is 6.09 Å². The smallest absolute Gasteiger partial charge is 0.410 e. The Morgan fingerprint density at radius 2 is 1.85 bits per heavy atom. The van der Waals surface area contributed by atoms with Crippen LogP contribution >= 0.6 is 0 Å². The molecule has 144 valence electrons. The summed E-state index contributed by atoms with van der Waals surface area (Å²) in [6.07, 6.45) is 10.8. The normalized spacial score (nSPS) is 27.6. The van der Waals surface area contributed by atoms with Gasteiger partial charge in [-0.25, -0.2) is 19.7 Å². The second-order valence-electron chi connectivity index (χ2n) is 8.45. The lowest BCUT2D eigenvalue weighted by Gasteiger charge is -2.43. The number of imidazole rings is 1. The summed E-state index contributed by atoms with van der Waals surface area (Å²) in [6, 6.07) is -0.0612. The van der Waals surface area contributed by atoms with Crippen LogP contribution in [0.15, 0.2) is 31.1 Å². The number of nitrogens with zero attached hydrogens (tertiary/aromatic N) is 5. The van der Waals surface area contributed by atoms with E-state index < -0.39 is 11.2 Å². The van der Waals surface area contributed by atoms with E-state index >= 15 is 0 Å². The van der Waals surface area contributed by atoms with E-state index in [4.69, 9.17) is 4.74 Å². The number of amides is 1. The summed E-state index contributed by atoms with van der Waals surface area (Å²) in [5.41, 5.74) is -0.869. The van der Waals surface area contributed by atoms with Crippen molar-refractivity contribution in [2.75, 3.05) is 0 Å². The fraction of sp³-hybridized carbons (Fsp3) is 0.579. The van der Waals surface area contributed by atoms with Crippen LogP contribution in [0, 0.1) is 0 Å². The second kappa shape index (κ2) is 6.30. The average Bonchev–Trinajstić information content (AvgIpc) is 3.21. The molecule has 0 spiro atoms. The molecule has 2 bridgehead atoms. The van der Waals surface area contributed by atoms with Crippen LogP contribution in [-0.2, 0) is 10.3 Å². The first kappa shape index (κ1) is 17.9. The molecular weight excluding hydrogens is 346 g/mol. The van der Waals surface area contributed by atoms with E-state index in [9.17, 15) is 9.90 Å². The van der Waals surface area contributed by atoms with E-state index in [2.05, 4.69) is 15.0 Å². The molecule has 2 aliphatic heterocycles. The van der Waals surface area contributed by atoms with E-state index in [0.717, 1.165) is 12.8 Å². The third-order valence-electron chi connectivity index (χ3n) is 5.28. The Kier molecular flexibility index (Phi) is 4.18. The van der Waals surface area contributed by atoms with E-state index in [-0.39, 0.29) is 18.2 Å². The summed E-state index contributed by atoms with van der Waals surface area (Å²) in [5, 5.41) is 11.3. The van der Waals surface area contributed by atoms with Gasteiger partial charge in [-0.05, 0) is 33.6 Å². The zero-order valence-electron chi connectivity index (χ0n) is 15.9. The van der Waals surface area contributed by atoms with Crippen molar-refractivity contribution in [3.05, 3.63) is 36.7 Å². The highest BCUT2D eigenvalue weighted by atomic mass is 16.6. The molecule has 8 nitrogen and oxygen atoms in total. The molecule has 8 heteroatoms. The van der Waals surface area contributed by atoms with Crippen molar-refractivity contribution in [3.8, 4) is 5.95 Å². The quantitative estimate of drug-likeness (QED) is 0.871. The molecule has 0 aliphatic carbocycles. The Hall–Kier alpha value is -2.48. The Balaban J connectivity index is 1.52. The fourth-order valence-electron chi connectivity index (χ4n) is 4.15. The standard InChI is InChI=1S/C19H25N5O3/c1-18(2,3)27-17(25)24-14-4-5-15(24)9-19(26,8-14)13-10-21-16(22-11-13)23-7-6-20-12-23/h6-7,10-12,14-15,26H,4-5,8-9H2,1-3H3. The second-order valence-corrected chi connectivity index (χ2v) is 8.45. The van der Waals surface area contributed by atoms with E-state index in [1.807, 2.05) is 25.7 Å². The minimum absolute atomic E-state index is 0.0306. The maximum Gasteiger partial charge on any atom is 0.410 e. The number of aliphatic hydroxyl groups is 1. The third-order valence-corrected chi connectivity index (χ3v) is 5.28. The molecule has 2 fully saturated rings. The molecule has 1 N–H and O–H groups in total. The SMILES string of the molecule is CC(C)(C)OC(=O)N1C2CCC1CC(O)(c1cnc(-n3ccnc3)nc1)C2. The first-order valence-corrected chi connectivity index (χ1v) is 9.30. The molecule has 0 radical (unpaired) electrons. The third kappa shape index (κ3) is 3.41. The number of ether oxygens (including phenoxy) is 1. The van der Waals surface area contributed by atoms with Crippen LogP contribution in [0.5, 0.6) is 0 Å². The van der Waals surface area contributed by atoms with Crippen LogP contribution in [0.4, 0.5) is 4.79 Å². The van der Waals surface area contributed by atoms with Crippen molar-refractivity contribution in [2.45, 2.75) is 69.7 Å². The molecule has 2 aromatic heterocycles. The monoisotopic (exact) mass is 371 g/mol. The molecule has 4 heterocycles. The summed E-state index contributed by atoms with van der Waals surface area (Å²) in [7, 11) is 0. The Labute approximate surface area is 158 Å². The highest BCUT2D eigenvalue weighted by Gasteiger charge is 2.51. The maximum atomic E-state index is 12.6. The number of aromatic nitrogens is 4. The largest absolute Gasteiger partial charge is 0.444 e. The number of carbonyl (C=O) groups is 1. The zero-order valence-corrected chi connectivity index (χ0v) is 15.9. The van der Waals surface area contributed by atoms with Crippen LogP contribution in [0.1, 0.15) is 52.0 Å². The van der Waals surface area contributed by atoms with Gasteiger partial charge in [-0.15, -0.1) is 0 Å². The van der Waals surface area contributed by atoms with Gasteiger partial charge in [0.1, 0.15) is 11.9 Å². The molecule has 2 unspecified atom stereocenters. The van der Waals surface area contributed by atoms with Crippen molar-refractivity contribution in [1.29, 1.82) is 0 Å². The Morgan fingerprint density at radius 1 is 1.22 bits per heavy atom. The summed E-state index contributed by atoms with van der Waals surface area (Å²) in [5.74, 6) is 0.508. The van der Waals surface area contributed by atoms with Gasteiger partial charge in [0.05, 0.1) is 5.60 Å². The van der Waals surface area contributed by atoms with Crippen molar-refractivity contribution in [2.24, 2.45) is 0 Å². The summed E-state index contributed by atoms with van der Waals surface area (Å²) < 4.78 is 7.27. The average molecular weight is 371 g/mol. The molecule has 0 saturated carbocycles. The number of rotatable bonds is 2. The highest BCUT2D eigenvalue weighted by molar-refractivity contribution is 5.69. The number of piperidine rings is 1. The first-order chi connectivity index (χ1) is 12.8. The molecule has 0 aromatic carbocycles. The van der Waals surface area contributed by atoms with Crippen LogP contribution in [0.2, 0.25) is 0 Å².